The van der Waals surface area contributed by atoms with Crippen LogP contribution in [0, 0.1) is 5.82 Å². The number of carbonyl (C=O) groups excluding carboxylic acids is 1. The van der Waals surface area contributed by atoms with E-state index in [0.717, 1.165) is 12.3 Å². The van der Waals surface area contributed by atoms with Crippen molar-refractivity contribution in [3.63, 3.8) is 0 Å². The number of hydrogen-bond donors (Lipinski definition) is 3. The lowest BCUT2D eigenvalue weighted by atomic mass is 10.0. The summed E-state index contributed by atoms with van der Waals surface area (Å²) in [6, 6.07) is 15.5. The van der Waals surface area contributed by atoms with E-state index >= 15 is 0 Å². The molecular formula is C26H19F4N3O4. The van der Waals surface area contributed by atoms with Crippen LogP contribution in [0.3, 0.4) is 0 Å². The zero-order valence-electron chi connectivity index (χ0n) is 19.0. The standard InChI is InChI=1S/C26H19F4N3O4/c27-20-9-2-1-5-15(20)11-12-16-6-4-10-21(22(16)34)31-14-19-23(26(28,29)30)32-33(24(19)35)18-8-3-7-17(13-18)25(36)37/h1-10,13-14,31,34H,11-12H2,(H,36,37)/b19-14-. The van der Waals surface area contributed by atoms with E-state index in [1.165, 1.54) is 30.3 Å². The Labute approximate surface area is 208 Å². The minimum absolute atomic E-state index is 0.0270. The zero-order valence-corrected chi connectivity index (χ0v) is 19.0. The molecule has 3 N–H and O–H groups in total. The quantitative estimate of drug-likeness (QED) is 0.227. The first kappa shape index (κ1) is 25.4. The highest BCUT2D eigenvalue weighted by atomic mass is 19.4. The number of carboxylic acids is 1. The number of carbonyl (C=O) groups is 2. The molecule has 0 spiro atoms. The number of anilines is 2. The number of carboxylic acid groups (broad SMARTS) is 1. The molecule has 0 unspecified atom stereocenters. The van der Waals surface area contributed by atoms with Gasteiger partial charge in [0, 0.05) is 6.20 Å². The van der Waals surface area contributed by atoms with Crippen LogP contribution in [0.5, 0.6) is 5.75 Å². The second kappa shape index (κ2) is 10.1. The number of rotatable bonds is 7. The number of hydrogen-bond acceptors (Lipinski definition) is 5. The number of aromatic hydroxyl groups is 1. The molecule has 0 aromatic heterocycles. The summed E-state index contributed by atoms with van der Waals surface area (Å²) < 4.78 is 55.0. The average Bonchev–Trinajstić information content (AvgIpc) is 3.20. The van der Waals surface area contributed by atoms with Crippen LogP contribution in [-0.2, 0) is 17.6 Å². The Hall–Kier alpha value is -4.67. The predicted octanol–water partition coefficient (Wildman–Crippen LogP) is 5.28. The lowest BCUT2D eigenvalue weighted by Gasteiger charge is -2.13. The normalized spacial score (nSPS) is 14.7. The van der Waals surface area contributed by atoms with E-state index in [-0.39, 0.29) is 35.5 Å². The Morgan fingerprint density at radius 2 is 1.68 bits per heavy atom. The Bertz CT molecular complexity index is 1430. The third-order valence-corrected chi connectivity index (χ3v) is 5.60. The lowest BCUT2D eigenvalue weighted by Crippen LogP contribution is -2.26. The van der Waals surface area contributed by atoms with Crippen LogP contribution < -0.4 is 10.3 Å². The highest BCUT2D eigenvalue weighted by Crippen LogP contribution is 2.33. The van der Waals surface area contributed by atoms with Gasteiger partial charge in [0.1, 0.15) is 11.6 Å². The molecule has 0 aliphatic carbocycles. The number of benzene rings is 3. The van der Waals surface area contributed by atoms with Crippen molar-refractivity contribution in [3.05, 3.63) is 101 Å². The van der Waals surface area contributed by atoms with Crippen molar-refractivity contribution in [2.75, 3.05) is 10.3 Å². The van der Waals surface area contributed by atoms with E-state index in [4.69, 9.17) is 5.11 Å². The topological polar surface area (TPSA) is 102 Å². The van der Waals surface area contributed by atoms with Crippen LogP contribution in [0.4, 0.5) is 28.9 Å². The molecule has 0 radical (unpaired) electrons. The summed E-state index contributed by atoms with van der Waals surface area (Å²) in [6.07, 6.45) is -3.68. The van der Waals surface area contributed by atoms with Crippen molar-refractivity contribution in [1.82, 2.24) is 0 Å². The Balaban J connectivity index is 1.60. The number of nitrogens with zero attached hydrogens (tertiary/aromatic N) is 2. The maximum absolute atomic E-state index is 13.9. The van der Waals surface area contributed by atoms with Crippen LogP contribution in [-0.4, -0.2) is 34.0 Å². The van der Waals surface area contributed by atoms with E-state index < -0.39 is 35.2 Å². The summed E-state index contributed by atoms with van der Waals surface area (Å²) >= 11 is 0. The molecule has 11 heteroatoms. The molecule has 3 aromatic carbocycles. The van der Waals surface area contributed by atoms with Gasteiger partial charge in [0.15, 0.2) is 5.71 Å². The number of phenolic OH excluding ortho intramolecular Hbond substituents is 1. The summed E-state index contributed by atoms with van der Waals surface area (Å²) in [4.78, 5) is 24.1. The molecule has 1 aliphatic heterocycles. The van der Waals surface area contributed by atoms with E-state index in [2.05, 4.69) is 10.4 Å². The molecule has 1 amide bonds. The first-order valence-electron chi connectivity index (χ1n) is 10.9. The van der Waals surface area contributed by atoms with E-state index in [9.17, 15) is 32.3 Å². The molecular weight excluding hydrogens is 494 g/mol. The minimum atomic E-state index is -4.99. The number of aryl methyl sites for hydroxylation is 2. The van der Waals surface area contributed by atoms with E-state index in [1.807, 2.05) is 0 Å². The van der Waals surface area contributed by atoms with E-state index in [1.54, 1.807) is 30.3 Å². The SMILES string of the molecule is O=C(O)c1cccc(N2N=C(C(F)(F)F)/C(=C/Nc3cccc(CCc4ccccc4F)c3O)C2=O)c1. The van der Waals surface area contributed by atoms with Crippen molar-refractivity contribution in [2.45, 2.75) is 19.0 Å². The molecule has 1 heterocycles. The van der Waals surface area contributed by atoms with Gasteiger partial charge >= 0.3 is 12.1 Å². The Kier molecular flexibility index (Phi) is 6.96. The fourth-order valence-electron chi connectivity index (χ4n) is 3.73. The number of halogens is 4. The molecule has 0 atom stereocenters. The second-order valence-corrected chi connectivity index (χ2v) is 8.03. The lowest BCUT2D eigenvalue weighted by molar-refractivity contribution is -0.114. The molecule has 0 fully saturated rings. The van der Waals surface area contributed by atoms with E-state index in [0.29, 0.717) is 16.1 Å². The summed E-state index contributed by atoms with van der Waals surface area (Å²) in [6.45, 7) is 0. The minimum Gasteiger partial charge on any atom is -0.505 e. The monoisotopic (exact) mass is 513 g/mol. The van der Waals surface area contributed by atoms with Crippen LogP contribution in [0.25, 0.3) is 0 Å². The van der Waals surface area contributed by atoms with Crippen LogP contribution in [0.15, 0.2) is 83.6 Å². The largest absolute Gasteiger partial charge is 0.505 e. The number of amides is 1. The third-order valence-electron chi connectivity index (χ3n) is 5.60. The number of aromatic carboxylic acids is 1. The Morgan fingerprint density at radius 3 is 2.38 bits per heavy atom. The zero-order chi connectivity index (χ0) is 26.7. The number of hydrazone groups is 1. The van der Waals surface area contributed by atoms with Gasteiger partial charge in [-0.15, -0.1) is 0 Å². The van der Waals surface area contributed by atoms with Crippen molar-refractivity contribution in [3.8, 4) is 5.75 Å². The second-order valence-electron chi connectivity index (χ2n) is 8.03. The first-order chi connectivity index (χ1) is 17.6. The van der Waals surface area contributed by atoms with Gasteiger partial charge in [0.25, 0.3) is 5.91 Å². The molecule has 37 heavy (non-hydrogen) atoms. The smallest absolute Gasteiger partial charge is 0.435 e. The van der Waals surface area contributed by atoms with Crippen molar-refractivity contribution in [1.29, 1.82) is 0 Å². The molecule has 4 rings (SSSR count). The van der Waals surface area contributed by atoms with Gasteiger partial charge in [-0.25, -0.2) is 9.18 Å². The third kappa shape index (κ3) is 5.45. The number of alkyl halides is 3. The van der Waals surface area contributed by atoms with Gasteiger partial charge in [-0.1, -0.05) is 36.4 Å². The summed E-state index contributed by atoms with van der Waals surface area (Å²) in [5.74, 6) is -3.12. The maximum atomic E-state index is 13.9. The van der Waals surface area contributed by atoms with Crippen molar-refractivity contribution >= 4 is 29.0 Å². The number of phenols is 1. The number of para-hydroxylation sites is 1. The molecule has 190 valence electrons. The van der Waals surface area contributed by atoms with Gasteiger partial charge in [-0.05, 0) is 54.3 Å². The van der Waals surface area contributed by atoms with Crippen LogP contribution >= 0.6 is 0 Å². The van der Waals surface area contributed by atoms with Crippen LogP contribution in [0.1, 0.15) is 21.5 Å². The maximum Gasteiger partial charge on any atom is 0.435 e. The molecule has 0 bridgehead atoms. The summed E-state index contributed by atoms with van der Waals surface area (Å²) in [5.41, 5.74) is -1.82. The molecule has 0 saturated heterocycles. The summed E-state index contributed by atoms with van der Waals surface area (Å²) in [5, 5.41) is 26.2. The molecule has 1 aliphatic rings. The summed E-state index contributed by atoms with van der Waals surface area (Å²) in [7, 11) is 0. The predicted molar refractivity (Wildman–Crippen MR) is 128 cm³/mol. The fourth-order valence-corrected chi connectivity index (χ4v) is 3.73. The number of nitrogens with one attached hydrogen (secondary N) is 1. The Morgan fingerprint density at radius 1 is 1.00 bits per heavy atom. The molecule has 7 nitrogen and oxygen atoms in total. The first-order valence-corrected chi connectivity index (χ1v) is 10.9. The molecule has 3 aromatic rings. The highest BCUT2D eigenvalue weighted by molar-refractivity contribution is 6.32. The van der Waals surface area contributed by atoms with Gasteiger partial charge in [-0.3, -0.25) is 4.79 Å². The van der Waals surface area contributed by atoms with Gasteiger partial charge < -0.3 is 15.5 Å². The van der Waals surface area contributed by atoms with Gasteiger partial charge in [-0.2, -0.15) is 23.3 Å². The van der Waals surface area contributed by atoms with Gasteiger partial charge in [0.2, 0.25) is 0 Å². The van der Waals surface area contributed by atoms with Crippen LogP contribution in [0.2, 0.25) is 0 Å². The highest BCUT2D eigenvalue weighted by Gasteiger charge is 2.47. The van der Waals surface area contributed by atoms with Crippen molar-refractivity contribution in [2.24, 2.45) is 5.10 Å². The average molecular weight is 513 g/mol. The fraction of sp³-hybridized carbons (Fsp3) is 0.115. The van der Waals surface area contributed by atoms with Crippen molar-refractivity contribution < 1.29 is 37.4 Å². The molecule has 0 saturated carbocycles. The van der Waals surface area contributed by atoms with Gasteiger partial charge in [0.05, 0.1) is 22.5 Å².